The summed E-state index contributed by atoms with van der Waals surface area (Å²) >= 11 is 0. The van der Waals surface area contributed by atoms with Crippen LogP contribution in [-0.2, 0) is 19.1 Å². The van der Waals surface area contributed by atoms with Gasteiger partial charge in [-0.25, -0.2) is 9.59 Å². The smallest absolute Gasteiger partial charge is 0.407 e. The van der Waals surface area contributed by atoms with Crippen molar-refractivity contribution in [2.75, 3.05) is 6.61 Å². The van der Waals surface area contributed by atoms with Crippen LogP contribution in [0.2, 0.25) is 0 Å². The number of nitrogens with one attached hydrogen (secondary N) is 1. The van der Waals surface area contributed by atoms with E-state index in [1.165, 1.54) is 0 Å². The van der Waals surface area contributed by atoms with Crippen LogP contribution in [0.4, 0.5) is 4.79 Å². The number of rotatable bonds is 4. The minimum atomic E-state index is -0.714. The van der Waals surface area contributed by atoms with Gasteiger partial charge in [-0.1, -0.05) is 48.5 Å². The van der Waals surface area contributed by atoms with E-state index in [0.29, 0.717) is 12.8 Å². The van der Waals surface area contributed by atoms with E-state index in [1.54, 1.807) is 4.90 Å². The predicted octanol–water partition coefficient (Wildman–Crippen LogP) is 4.78. The second-order valence-electron chi connectivity index (χ2n) is 11.0. The average molecular weight is 491 g/mol. The molecule has 1 aliphatic carbocycles. The van der Waals surface area contributed by atoms with Gasteiger partial charge in [0.15, 0.2) is 0 Å². The molecule has 2 aromatic rings. The molecular weight excluding hydrogens is 456 g/mol. The molecule has 0 aromatic heterocycles. The fourth-order valence-corrected chi connectivity index (χ4v) is 5.88. The highest BCUT2D eigenvalue weighted by Crippen LogP contribution is 2.44. The summed E-state index contributed by atoms with van der Waals surface area (Å²) in [5.74, 6) is -0.646. The van der Waals surface area contributed by atoms with Gasteiger partial charge in [0, 0.05) is 12.0 Å². The second kappa shape index (κ2) is 9.60. The van der Waals surface area contributed by atoms with Crippen molar-refractivity contribution in [3.8, 4) is 11.1 Å². The van der Waals surface area contributed by atoms with Crippen molar-refractivity contribution in [1.82, 2.24) is 10.2 Å². The number of amides is 2. The maximum Gasteiger partial charge on any atom is 0.407 e. The van der Waals surface area contributed by atoms with Crippen molar-refractivity contribution in [1.29, 1.82) is 0 Å². The molecule has 0 spiro atoms. The van der Waals surface area contributed by atoms with Gasteiger partial charge < -0.3 is 19.7 Å². The normalized spacial score (nSPS) is 23.4. The molecule has 3 aliphatic rings. The van der Waals surface area contributed by atoms with Crippen molar-refractivity contribution in [2.24, 2.45) is 0 Å². The van der Waals surface area contributed by atoms with Crippen LogP contribution in [0, 0.1) is 0 Å². The van der Waals surface area contributed by atoms with E-state index < -0.39 is 23.8 Å². The molecule has 0 radical (unpaired) electrons. The molecule has 2 saturated heterocycles. The van der Waals surface area contributed by atoms with Gasteiger partial charge >= 0.3 is 12.1 Å². The van der Waals surface area contributed by atoms with Crippen LogP contribution >= 0.6 is 0 Å². The van der Waals surface area contributed by atoms with Gasteiger partial charge in [0.2, 0.25) is 5.91 Å². The fourth-order valence-electron chi connectivity index (χ4n) is 5.88. The van der Waals surface area contributed by atoms with E-state index in [0.717, 1.165) is 41.5 Å². The van der Waals surface area contributed by atoms with Crippen LogP contribution in [0.25, 0.3) is 11.1 Å². The summed E-state index contributed by atoms with van der Waals surface area (Å²) in [6.45, 7) is 5.66. The van der Waals surface area contributed by atoms with Crippen LogP contribution < -0.4 is 5.32 Å². The molecule has 5 rings (SSSR count). The van der Waals surface area contributed by atoms with Crippen molar-refractivity contribution in [2.45, 2.75) is 82.5 Å². The van der Waals surface area contributed by atoms with Gasteiger partial charge in [-0.2, -0.15) is 0 Å². The van der Waals surface area contributed by atoms with Crippen molar-refractivity contribution >= 4 is 18.0 Å². The third-order valence-corrected chi connectivity index (χ3v) is 7.40. The first-order valence-electron chi connectivity index (χ1n) is 12.9. The van der Waals surface area contributed by atoms with Crippen LogP contribution in [0.3, 0.4) is 0 Å². The van der Waals surface area contributed by atoms with Gasteiger partial charge in [0.1, 0.15) is 24.3 Å². The largest absolute Gasteiger partial charge is 0.458 e. The summed E-state index contributed by atoms with van der Waals surface area (Å²) in [6, 6.07) is 15.0. The Morgan fingerprint density at radius 1 is 0.944 bits per heavy atom. The highest BCUT2D eigenvalue weighted by Gasteiger charge is 2.46. The molecule has 190 valence electrons. The molecule has 0 saturated carbocycles. The number of alkyl carbamates (subject to hydrolysis) is 1. The Balaban J connectivity index is 1.25. The molecule has 2 amide bonds. The number of esters is 1. The van der Waals surface area contributed by atoms with Crippen LogP contribution in [-0.4, -0.2) is 53.2 Å². The minimum absolute atomic E-state index is 0.00401. The number of hydrogen-bond acceptors (Lipinski definition) is 5. The Morgan fingerprint density at radius 3 is 2.22 bits per heavy atom. The molecule has 2 aromatic carbocycles. The molecule has 0 bridgehead atoms. The third kappa shape index (κ3) is 4.71. The lowest BCUT2D eigenvalue weighted by Crippen LogP contribution is -2.53. The molecule has 7 heteroatoms. The first-order chi connectivity index (χ1) is 17.2. The number of hydrogen-bond donors (Lipinski definition) is 1. The van der Waals surface area contributed by atoms with E-state index in [-0.39, 0.29) is 30.4 Å². The maximum absolute atomic E-state index is 13.5. The van der Waals surface area contributed by atoms with Gasteiger partial charge in [-0.05, 0) is 75.1 Å². The third-order valence-electron chi connectivity index (χ3n) is 7.40. The number of fused-ring (bicyclic) bond motifs is 4. The summed E-state index contributed by atoms with van der Waals surface area (Å²) in [7, 11) is 0. The first kappa shape index (κ1) is 24.3. The lowest BCUT2D eigenvalue weighted by Gasteiger charge is -2.31. The standard InChI is InChI=1S/C29H34N2O5/c1-29(2,3)36-27(33)25-16-15-18-9-8-14-24(26(32)31(18)25)30-28(34)35-17-23-21-12-6-4-10-19(21)20-11-5-7-13-22(20)23/h4-7,10-13,18,23-25H,8-9,14-17H2,1-3H3,(H,30,34)/t18-,24-,25-/m0/s1. The van der Waals surface area contributed by atoms with Crippen LogP contribution in [0.5, 0.6) is 0 Å². The summed E-state index contributed by atoms with van der Waals surface area (Å²) in [5, 5.41) is 2.80. The Morgan fingerprint density at radius 2 is 1.58 bits per heavy atom. The average Bonchev–Trinajstić information content (AvgIpc) is 3.36. The molecule has 3 atom stereocenters. The zero-order valence-electron chi connectivity index (χ0n) is 21.2. The zero-order valence-corrected chi connectivity index (χ0v) is 21.2. The molecule has 0 unspecified atom stereocenters. The fraction of sp³-hybridized carbons (Fsp3) is 0.483. The summed E-state index contributed by atoms with van der Waals surface area (Å²) < 4.78 is 11.3. The number of benzene rings is 2. The topological polar surface area (TPSA) is 84.9 Å². The predicted molar refractivity (Wildman–Crippen MR) is 135 cm³/mol. The van der Waals surface area contributed by atoms with Crippen molar-refractivity contribution in [3.63, 3.8) is 0 Å². The number of nitrogens with zero attached hydrogens (tertiary/aromatic N) is 1. The highest BCUT2D eigenvalue weighted by molar-refractivity contribution is 5.91. The molecule has 2 fully saturated rings. The Hall–Kier alpha value is -3.35. The van der Waals surface area contributed by atoms with E-state index in [1.807, 2.05) is 45.0 Å². The zero-order chi connectivity index (χ0) is 25.4. The van der Waals surface area contributed by atoms with Gasteiger partial charge in [0.05, 0.1) is 0 Å². The van der Waals surface area contributed by atoms with Crippen LogP contribution in [0.1, 0.15) is 69.9 Å². The first-order valence-corrected chi connectivity index (χ1v) is 12.9. The van der Waals surface area contributed by atoms with Gasteiger partial charge in [-0.15, -0.1) is 0 Å². The summed E-state index contributed by atoms with van der Waals surface area (Å²) in [4.78, 5) is 40.8. The second-order valence-corrected chi connectivity index (χ2v) is 11.0. The molecule has 2 heterocycles. The number of ether oxygens (including phenoxy) is 2. The molecule has 2 aliphatic heterocycles. The monoisotopic (exact) mass is 490 g/mol. The Bertz CT molecular complexity index is 1120. The molecule has 7 nitrogen and oxygen atoms in total. The Labute approximate surface area is 212 Å². The lowest BCUT2D eigenvalue weighted by atomic mass is 9.98. The van der Waals surface area contributed by atoms with Crippen LogP contribution in [0.15, 0.2) is 48.5 Å². The summed E-state index contributed by atoms with van der Waals surface area (Å²) in [5.41, 5.74) is 3.97. The van der Waals surface area contributed by atoms with Crippen molar-refractivity contribution in [3.05, 3.63) is 59.7 Å². The SMILES string of the molecule is CC(C)(C)OC(=O)[C@@H]1CC[C@@H]2CCC[C@H](NC(=O)OCC3c4ccccc4-c4ccccc43)C(=O)N21. The maximum atomic E-state index is 13.5. The highest BCUT2D eigenvalue weighted by atomic mass is 16.6. The lowest BCUT2D eigenvalue weighted by molar-refractivity contribution is -0.164. The molecule has 1 N–H and O–H groups in total. The Kier molecular flexibility index (Phi) is 6.49. The van der Waals surface area contributed by atoms with E-state index >= 15 is 0 Å². The van der Waals surface area contributed by atoms with E-state index in [4.69, 9.17) is 9.47 Å². The number of carbonyl (C=O) groups is 3. The van der Waals surface area contributed by atoms with Gasteiger partial charge in [0.25, 0.3) is 0 Å². The van der Waals surface area contributed by atoms with Gasteiger partial charge in [-0.3, -0.25) is 4.79 Å². The summed E-state index contributed by atoms with van der Waals surface area (Å²) in [6.07, 6.45) is 2.88. The molecule has 36 heavy (non-hydrogen) atoms. The molecular formula is C29H34N2O5. The minimum Gasteiger partial charge on any atom is -0.458 e. The van der Waals surface area contributed by atoms with E-state index in [2.05, 4.69) is 29.6 Å². The van der Waals surface area contributed by atoms with E-state index in [9.17, 15) is 14.4 Å². The number of carbonyl (C=O) groups excluding carboxylic acids is 3. The van der Waals surface area contributed by atoms with Crippen molar-refractivity contribution < 1.29 is 23.9 Å². The quantitative estimate of drug-likeness (QED) is 0.624.